The summed E-state index contributed by atoms with van der Waals surface area (Å²) in [6, 6.07) is 6.10. The van der Waals surface area contributed by atoms with E-state index in [-0.39, 0.29) is 0 Å². The molecule has 2 atom stereocenters. The van der Waals surface area contributed by atoms with Crippen molar-refractivity contribution in [3.8, 4) is 0 Å². The van der Waals surface area contributed by atoms with Gasteiger partial charge in [-0.25, -0.2) is 4.79 Å². The maximum atomic E-state index is 11.7. The minimum Gasteiger partial charge on any atom is -0.478 e. The van der Waals surface area contributed by atoms with Crippen molar-refractivity contribution in [1.82, 2.24) is 0 Å². The van der Waals surface area contributed by atoms with Gasteiger partial charge in [-0.3, -0.25) is 0 Å². The average Bonchev–Trinajstić information content (AvgIpc) is 3.28. The van der Waals surface area contributed by atoms with Gasteiger partial charge in [0.25, 0.3) is 0 Å². The second-order valence-electron chi connectivity index (χ2n) is 6.37. The van der Waals surface area contributed by atoms with E-state index in [1.807, 2.05) is 12.1 Å². The first-order chi connectivity index (χ1) is 9.09. The summed E-state index contributed by atoms with van der Waals surface area (Å²) in [6.45, 7) is 4.37. The first-order valence-corrected chi connectivity index (χ1v) is 7.45. The number of hydrogen-bond donors (Lipinski definition) is 1. The van der Waals surface area contributed by atoms with Gasteiger partial charge in [-0.05, 0) is 60.5 Å². The van der Waals surface area contributed by atoms with E-state index >= 15 is 0 Å². The van der Waals surface area contributed by atoms with Crippen molar-refractivity contribution >= 4 is 5.97 Å². The van der Waals surface area contributed by atoms with Crippen molar-refractivity contribution in [3.05, 3.63) is 34.9 Å². The zero-order valence-electron chi connectivity index (χ0n) is 11.7. The molecule has 0 bridgehead atoms. The summed E-state index contributed by atoms with van der Waals surface area (Å²) < 4.78 is 0. The molecule has 3 rings (SSSR count). The van der Waals surface area contributed by atoms with Crippen molar-refractivity contribution in [2.45, 2.75) is 51.4 Å². The third-order valence-electron chi connectivity index (χ3n) is 4.98. The largest absolute Gasteiger partial charge is 0.478 e. The minimum atomic E-state index is -0.745. The van der Waals surface area contributed by atoms with Crippen molar-refractivity contribution in [2.75, 3.05) is 0 Å². The summed E-state index contributed by atoms with van der Waals surface area (Å²) in [7, 11) is 0. The highest BCUT2D eigenvalue weighted by Crippen LogP contribution is 2.47. The molecule has 2 fully saturated rings. The molecule has 2 aliphatic rings. The van der Waals surface area contributed by atoms with Gasteiger partial charge in [0.05, 0.1) is 5.56 Å². The fourth-order valence-electron chi connectivity index (χ4n) is 3.29. The van der Waals surface area contributed by atoms with Crippen LogP contribution in [0.15, 0.2) is 18.2 Å². The fraction of sp³-hybridized carbons (Fsp3) is 0.588. The lowest BCUT2D eigenvalue weighted by Crippen LogP contribution is -2.13. The molecule has 1 N–H and O–H groups in total. The lowest BCUT2D eigenvalue weighted by Gasteiger charge is -2.20. The Labute approximate surface area is 114 Å². The maximum absolute atomic E-state index is 11.7. The summed E-state index contributed by atoms with van der Waals surface area (Å²) in [5.74, 6) is 1.43. The van der Waals surface area contributed by atoms with Gasteiger partial charge in [-0.2, -0.15) is 0 Å². The molecule has 0 unspecified atom stereocenters. The van der Waals surface area contributed by atoms with Crippen molar-refractivity contribution in [3.63, 3.8) is 0 Å². The molecule has 0 aromatic heterocycles. The second kappa shape index (κ2) is 4.66. The van der Waals surface area contributed by atoms with Gasteiger partial charge in [0.2, 0.25) is 0 Å². The normalized spacial score (nSPS) is 22.0. The molecule has 0 spiro atoms. The third-order valence-corrected chi connectivity index (χ3v) is 4.98. The molecular weight excluding hydrogens is 236 g/mol. The topological polar surface area (TPSA) is 37.3 Å². The molecular formula is C17H22O2. The van der Waals surface area contributed by atoms with E-state index in [1.54, 1.807) is 0 Å². The molecule has 19 heavy (non-hydrogen) atoms. The smallest absolute Gasteiger partial charge is 0.336 e. The fourth-order valence-corrected chi connectivity index (χ4v) is 3.29. The summed E-state index contributed by atoms with van der Waals surface area (Å²) in [6.07, 6.45) is 5.01. The van der Waals surface area contributed by atoms with E-state index in [0.717, 1.165) is 11.1 Å². The molecule has 2 nitrogen and oxygen atoms in total. The summed E-state index contributed by atoms with van der Waals surface area (Å²) in [5.41, 5.74) is 2.71. The Bertz CT molecular complexity index is 462. The minimum absolute atomic E-state index is 0.387. The Hall–Kier alpha value is -1.31. The molecule has 0 aliphatic heterocycles. The highest BCUT2D eigenvalue weighted by atomic mass is 16.4. The number of aromatic carboxylic acids is 1. The molecule has 0 heterocycles. The molecule has 2 aliphatic carbocycles. The third kappa shape index (κ3) is 2.41. The predicted octanol–water partition coefficient (Wildman–Crippen LogP) is 4.41. The van der Waals surface area contributed by atoms with Crippen molar-refractivity contribution < 1.29 is 9.90 Å². The Balaban J connectivity index is 2.02. The van der Waals surface area contributed by atoms with Crippen LogP contribution in [0.1, 0.15) is 72.9 Å². The SMILES string of the molecule is C[C@@H](c1cccc([C@H](C)C2CC2)c1C(=O)O)C1CC1. The van der Waals surface area contributed by atoms with Crippen LogP contribution in [-0.2, 0) is 0 Å². The molecule has 102 valence electrons. The van der Waals surface area contributed by atoms with Crippen molar-refractivity contribution in [2.24, 2.45) is 11.8 Å². The van der Waals surface area contributed by atoms with Gasteiger partial charge in [-0.1, -0.05) is 32.0 Å². The second-order valence-corrected chi connectivity index (χ2v) is 6.37. The monoisotopic (exact) mass is 258 g/mol. The summed E-state index contributed by atoms with van der Waals surface area (Å²) >= 11 is 0. The van der Waals surface area contributed by atoms with E-state index in [9.17, 15) is 9.90 Å². The number of rotatable bonds is 5. The zero-order valence-corrected chi connectivity index (χ0v) is 11.7. The lowest BCUT2D eigenvalue weighted by molar-refractivity contribution is 0.0693. The number of carbonyl (C=O) groups is 1. The van der Waals surface area contributed by atoms with Crippen LogP contribution in [0.2, 0.25) is 0 Å². The van der Waals surface area contributed by atoms with E-state index < -0.39 is 5.97 Å². The van der Waals surface area contributed by atoms with Crippen LogP contribution >= 0.6 is 0 Å². The first kappa shape index (κ1) is 12.7. The molecule has 0 saturated heterocycles. The predicted molar refractivity (Wildman–Crippen MR) is 75.7 cm³/mol. The van der Waals surface area contributed by atoms with E-state index in [1.165, 1.54) is 25.7 Å². The standard InChI is InChI=1S/C17H22O2/c1-10(12-6-7-12)14-4-3-5-15(16(14)17(18)19)11(2)13-8-9-13/h3-5,10-13H,6-9H2,1-2H3,(H,18,19)/t10-,11-/m1/s1. The highest BCUT2D eigenvalue weighted by molar-refractivity contribution is 5.91. The lowest BCUT2D eigenvalue weighted by atomic mass is 9.84. The molecule has 1 aromatic rings. The average molecular weight is 258 g/mol. The quantitative estimate of drug-likeness (QED) is 0.849. The Morgan fingerprint density at radius 1 is 1.05 bits per heavy atom. The Kier molecular flexibility index (Phi) is 3.12. The molecule has 2 heteroatoms. The first-order valence-electron chi connectivity index (χ1n) is 7.45. The van der Waals surface area contributed by atoms with Crippen LogP contribution in [0.5, 0.6) is 0 Å². The van der Waals surface area contributed by atoms with Gasteiger partial charge >= 0.3 is 5.97 Å². The van der Waals surface area contributed by atoms with Gasteiger partial charge in [0.15, 0.2) is 0 Å². The Morgan fingerprint density at radius 2 is 1.47 bits per heavy atom. The maximum Gasteiger partial charge on any atom is 0.336 e. The van der Waals surface area contributed by atoms with Crippen LogP contribution in [0.25, 0.3) is 0 Å². The van der Waals surface area contributed by atoms with E-state index in [4.69, 9.17) is 0 Å². The molecule has 1 aromatic carbocycles. The highest BCUT2D eigenvalue weighted by Gasteiger charge is 2.35. The number of carboxylic acid groups (broad SMARTS) is 1. The van der Waals surface area contributed by atoms with Crippen LogP contribution in [-0.4, -0.2) is 11.1 Å². The van der Waals surface area contributed by atoms with Gasteiger partial charge in [0.1, 0.15) is 0 Å². The molecule has 2 saturated carbocycles. The summed E-state index contributed by atoms with van der Waals surface area (Å²) in [5, 5.41) is 9.65. The van der Waals surface area contributed by atoms with Gasteiger partial charge < -0.3 is 5.11 Å². The van der Waals surface area contributed by atoms with Crippen molar-refractivity contribution in [1.29, 1.82) is 0 Å². The van der Waals surface area contributed by atoms with Gasteiger partial charge in [0, 0.05) is 0 Å². The Morgan fingerprint density at radius 3 is 1.79 bits per heavy atom. The number of carboxylic acids is 1. The summed E-state index contributed by atoms with van der Waals surface area (Å²) in [4.78, 5) is 11.7. The number of hydrogen-bond acceptors (Lipinski definition) is 1. The van der Waals surface area contributed by atoms with E-state index in [0.29, 0.717) is 29.2 Å². The molecule has 0 amide bonds. The zero-order chi connectivity index (χ0) is 13.6. The number of benzene rings is 1. The van der Waals surface area contributed by atoms with E-state index in [2.05, 4.69) is 19.9 Å². The van der Waals surface area contributed by atoms with Crippen LogP contribution in [0, 0.1) is 11.8 Å². The van der Waals surface area contributed by atoms with Crippen LogP contribution in [0.4, 0.5) is 0 Å². The molecule has 0 radical (unpaired) electrons. The van der Waals surface area contributed by atoms with Crippen LogP contribution < -0.4 is 0 Å². The van der Waals surface area contributed by atoms with Gasteiger partial charge in [-0.15, -0.1) is 0 Å². The van der Waals surface area contributed by atoms with Crippen LogP contribution in [0.3, 0.4) is 0 Å².